The number of anilines is 1. The molecule has 17 heavy (non-hydrogen) atoms. The summed E-state index contributed by atoms with van der Waals surface area (Å²) in [6, 6.07) is 5.93. The Labute approximate surface area is 103 Å². The first-order chi connectivity index (χ1) is 7.78. The number of benzene rings is 1. The molecule has 0 saturated heterocycles. The van der Waals surface area contributed by atoms with Gasteiger partial charge in [0, 0.05) is 25.0 Å². The summed E-state index contributed by atoms with van der Waals surface area (Å²) in [5.41, 5.74) is 8.77. The second-order valence-electron chi connectivity index (χ2n) is 4.56. The third-order valence-corrected chi connectivity index (χ3v) is 3.56. The second kappa shape index (κ2) is 5.51. The second-order valence-corrected chi connectivity index (χ2v) is 6.82. The Balaban J connectivity index is 2.56. The standard InChI is InChI=1S/C12H20N2O2S/c1-10-4-5-11(8-12(10)13)9-14(2)6-7-17(3,15)16/h4-5,8H,6-7,9,13H2,1-3H3. The molecule has 0 fully saturated rings. The molecule has 0 radical (unpaired) electrons. The lowest BCUT2D eigenvalue weighted by molar-refractivity contribution is 0.346. The van der Waals surface area contributed by atoms with Gasteiger partial charge < -0.3 is 10.6 Å². The zero-order valence-electron chi connectivity index (χ0n) is 10.6. The fourth-order valence-corrected chi connectivity index (χ4v) is 2.14. The molecule has 96 valence electrons. The van der Waals surface area contributed by atoms with Crippen molar-refractivity contribution in [1.29, 1.82) is 0 Å². The Morgan fingerprint density at radius 3 is 2.53 bits per heavy atom. The number of hydrogen-bond donors (Lipinski definition) is 1. The van der Waals surface area contributed by atoms with E-state index < -0.39 is 9.84 Å². The molecule has 2 N–H and O–H groups in total. The lowest BCUT2D eigenvalue weighted by Crippen LogP contribution is -2.24. The van der Waals surface area contributed by atoms with E-state index in [4.69, 9.17) is 5.73 Å². The van der Waals surface area contributed by atoms with Gasteiger partial charge in [0.05, 0.1) is 5.75 Å². The zero-order valence-corrected chi connectivity index (χ0v) is 11.4. The minimum absolute atomic E-state index is 0.185. The maximum atomic E-state index is 11.0. The highest BCUT2D eigenvalue weighted by atomic mass is 32.2. The van der Waals surface area contributed by atoms with E-state index in [1.807, 2.05) is 37.1 Å². The normalized spacial score (nSPS) is 12.0. The molecule has 4 nitrogen and oxygen atoms in total. The molecule has 0 aliphatic rings. The summed E-state index contributed by atoms with van der Waals surface area (Å²) >= 11 is 0. The number of rotatable bonds is 5. The molecule has 0 aromatic heterocycles. The molecule has 1 aromatic carbocycles. The smallest absolute Gasteiger partial charge is 0.148 e. The molecule has 0 heterocycles. The molecule has 0 saturated carbocycles. The van der Waals surface area contributed by atoms with Crippen LogP contribution in [0.2, 0.25) is 0 Å². The number of sulfone groups is 1. The number of nitrogens with zero attached hydrogens (tertiary/aromatic N) is 1. The van der Waals surface area contributed by atoms with Gasteiger partial charge in [-0.1, -0.05) is 12.1 Å². The quantitative estimate of drug-likeness (QED) is 0.800. The Kier molecular flexibility index (Phi) is 4.54. The molecule has 0 bridgehead atoms. The van der Waals surface area contributed by atoms with E-state index in [0.29, 0.717) is 13.1 Å². The van der Waals surface area contributed by atoms with Crippen molar-refractivity contribution in [1.82, 2.24) is 4.90 Å². The van der Waals surface area contributed by atoms with Crippen LogP contribution in [0.5, 0.6) is 0 Å². The van der Waals surface area contributed by atoms with E-state index >= 15 is 0 Å². The average Bonchev–Trinajstić information content (AvgIpc) is 2.20. The van der Waals surface area contributed by atoms with E-state index in [1.54, 1.807) is 0 Å². The first-order valence-corrected chi connectivity index (χ1v) is 7.55. The van der Waals surface area contributed by atoms with Crippen LogP contribution >= 0.6 is 0 Å². The number of nitrogen functional groups attached to an aromatic ring is 1. The van der Waals surface area contributed by atoms with Gasteiger partial charge in [0.15, 0.2) is 0 Å². The molecule has 0 amide bonds. The van der Waals surface area contributed by atoms with Crippen LogP contribution in [0.1, 0.15) is 11.1 Å². The third-order valence-electron chi connectivity index (χ3n) is 2.64. The van der Waals surface area contributed by atoms with Crippen molar-refractivity contribution < 1.29 is 8.42 Å². The zero-order chi connectivity index (χ0) is 13.1. The summed E-state index contributed by atoms with van der Waals surface area (Å²) < 4.78 is 22.1. The van der Waals surface area contributed by atoms with Gasteiger partial charge in [-0.05, 0) is 31.2 Å². The maximum absolute atomic E-state index is 11.0. The number of aryl methyl sites for hydroxylation is 1. The Morgan fingerprint density at radius 2 is 2.00 bits per heavy atom. The van der Waals surface area contributed by atoms with Crippen LogP contribution in [-0.4, -0.2) is 38.9 Å². The first-order valence-electron chi connectivity index (χ1n) is 5.49. The lowest BCUT2D eigenvalue weighted by atomic mass is 10.1. The highest BCUT2D eigenvalue weighted by Crippen LogP contribution is 2.14. The molecular formula is C12H20N2O2S. The molecular weight excluding hydrogens is 236 g/mol. The Hall–Kier alpha value is -1.07. The van der Waals surface area contributed by atoms with Crippen molar-refractivity contribution >= 4 is 15.5 Å². The SMILES string of the molecule is Cc1ccc(CN(C)CCS(C)(=O)=O)cc1N. The van der Waals surface area contributed by atoms with Crippen molar-refractivity contribution in [2.75, 3.05) is 31.3 Å². The fraction of sp³-hybridized carbons (Fsp3) is 0.500. The molecule has 5 heteroatoms. The van der Waals surface area contributed by atoms with E-state index in [0.717, 1.165) is 16.8 Å². The van der Waals surface area contributed by atoms with Crippen molar-refractivity contribution in [2.24, 2.45) is 0 Å². The van der Waals surface area contributed by atoms with Crippen molar-refractivity contribution in [3.63, 3.8) is 0 Å². The van der Waals surface area contributed by atoms with Crippen LogP contribution in [-0.2, 0) is 16.4 Å². The average molecular weight is 256 g/mol. The Bertz CT molecular complexity index is 483. The molecule has 0 aliphatic heterocycles. The predicted molar refractivity (Wildman–Crippen MR) is 71.6 cm³/mol. The van der Waals surface area contributed by atoms with Gasteiger partial charge in [-0.15, -0.1) is 0 Å². The van der Waals surface area contributed by atoms with E-state index in [-0.39, 0.29) is 5.75 Å². The molecule has 0 unspecified atom stereocenters. The summed E-state index contributed by atoms with van der Waals surface area (Å²) in [6.07, 6.45) is 1.25. The first kappa shape index (κ1) is 14.0. The summed E-state index contributed by atoms with van der Waals surface area (Å²) in [6.45, 7) is 3.21. The van der Waals surface area contributed by atoms with Crippen molar-refractivity contribution in [3.05, 3.63) is 29.3 Å². The van der Waals surface area contributed by atoms with Gasteiger partial charge in [0.25, 0.3) is 0 Å². The van der Waals surface area contributed by atoms with Crippen molar-refractivity contribution in [3.8, 4) is 0 Å². The molecule has 0 atom stereocenters. The van der Waals surface area contributed by atoms with E-state index in [2.05, 4.69) is 0 Å². The van der Waals surface area contributed by atoms with E-state index in [9.17, 15) is 8.42 Å². The third kappa shape index (κ3) is 5.19. The highest BCUT2D eigenvalue weighted by molar-refractivity contribution is 7.90. The van der Waals surface area contributed by atoms with Crippen LogP contribution in [0.3, 0.4) is 0 Å². The van der Waals surface area contributed by atoms with Crippen LogP contribution in [0.25, 0.3) is 0 Å². The number of nitrogens with two attached hydrogens (primary N) is 1. The van der Waals surface area contributed by atoms with Gasteiger partial charge in [-0.25, -0.2) is 8.42 Å². The minimum atomic E-state index is -2.89. The van der Waals surface area contributed by atoms with Gasteiger partial charge in [-0.3, -0.25) is 0 Å². The Morgan fingerprint density at radius 1 is 1.35 bits per heavy atom. The largest absolute Gasteiger partial charge is 0.399 e. The molecule has 0 spiro atoms. The molecule has 0 aliphatic carbocycles. The summed E-state index contributed by atoms with van der Waals surface area (Å²) in [5.74, 6) is 0.185. The summed E-state index contributed by atoms with van der Waals surface area (Å²) in [5, 5.41) is 0. The molecule has 1 rings (SSSR count). The van der Waals surface area contributed by atoms with Crippen LogP contribution < -0.4 is 5.73 Å². The molecule has 1 aromatic rings. The summed E-state index contributed by atoms with van der Waals surface area (Å²) in [4.78, 5) is 1.98. The van der Waals surface area contributed by atoms with E-state index in [1.165, 1.54) is 6.26 Å². The van der Waals surface area contributed by atoms with Gasteiger partial charge in [-0.2, -0.15) is 0 Å². The lowest BCUT2D eigenvalue weighted by Gasteiger charge is -2.16. The van der Waals surface area contributed by atoms with Gasteiger partial charge in [0.1, 0.15) is 9.84 Å². The van der Waals surface area contributed by atoms with Crippen LogP contribution in [0.15, 0.2) is 18.2 Å². The monoisotopic (exact) mass is 256 g/mol. The summed E-state index contributed by atoms with van der Waals surface area (Å²) in [7, 11) is -0.989. The van der Waals surface area contributed by atoms with Crippen molar-refractivity contribution in [2.45, 2.75) is 13.5 Å². The number of hydrogen-bond acceptors (Lipinski definition) is 4. The van der Waals surface area contributed by atoms with Crippen LogP contribution in [0, 0.1) is 6.92 Å². The highest BCUT2D eigenvalue weighted by Gasteiger charge is 2.06. The topological polar surface area (TPSA) is 63.4 Å². The van der Waals surface area contributed by atoms with Gasteiger partial charge >= 0.3 is 0 Å². The minimum Gasteiger partial charge on any atom is -0.399 e. The fourth-order valence-electron chi connectivity index (χ4n) is 1.50. The van der Waals surface area contributed by atoms with Gasteiger partial charge in [0.2, 0.25) is 0 Å². The predicted octanol–water partition coefficient (Wildman–Crippen LogP) is 1.05. The maximum Gasteiger partial charge on any atom is 0.148 e. The van der Waals surface area contributed by atoms with Crippen LogP contribution in [0.4, 0.5) is 5.69 Å².